The number of hydrogen-bond donors (Lipinski definition) is 1. The van der Waals surface area contributed by atoms with E-state index in [4.69, 9.17) is 0 Å². The number of rotatable bonds is 4. The highest BCUT2D eigenvalue weighted by molar-refractivity contribution is 6.01. The predicted molar refractivity (Wildman–Crippen MR) is 84.8 cm³/mol. The number of carbonyl (C=O) groups is 1. The van der Waals surface area contributed by atoms with Gasteiger partial charge in [0.25, 0.3) is 5.91 Å². The van der Waals surface area contributed by atoms with Crippen LogP contribution in [0.15, 0.2) is 29.8 Å². The average molecular weight is 283 g/mol. The lowest BCUT2D eigenvalue weighted by Gasteiger charge is -2.12. The van der Waals surface area contributed by atoms with Crippen LogP contribution in [0.25, 0.3) is 6.08 Å². The van der Waals surface area contributed by atoms with Crippen LogP contribution in [-0.2, 0) is 4.79 Å². The molecule has 0 aromatic heterocycles. The molecule has 21 heavy (non-hydrogen) atoms. The molecule has 1 fully saturated rings. The molecule has 0 saturated heterocycles. The highest BCUT2D eigenvalue weighted by atomic mass is 16.1. The van der Waals surface area contributed by atoms with Gasteiger partial charge in [-0.15, -0.1) is 0 Å². The first kappa shape index (κ1) is 15.1. The van der Waals surface area contributed by atoms with Crippen molar-refractivity contribution in [2.45, 2.75) is 31.7 Å². The largest absolute Gasteiger partial charge is 0.378 e. The molecule has 0 heterocycles. The molecule has 4 heteroatoms. The summed E-state index contributed by atoms with van der Waals surface area (Å²) in [6.07, 6.45) is 5.98. The van der Waals surface area contributed by atoms with E-state index < -0.39 is 0 Å². The molecule has 1 saturated carbocycles. The summed E-state index contributed by atoms with van der Waals surface area (Å²) in [4.78, 5) is 14.1. The molecule has 1 amide bonds. The van der Waals surface area contributed by atoms with Gasteiger partial charge in [-0.2, -0.15) is 5.26 Å². The summed E-state index contributed by atoms with van der Waals surface area (Å²) < 4.78 is 0. The Hall–Kier alpha value is -2.28. The molecule has 1 aromatic rings. The van der Waals surface area contributed by atoms with Crippen LogP contribution in [0.5, 0.6) is 0 Å². The molecule has 0 unspecified atom stereocenters. The zero-order chi connectivity index (χ0) is 15.2. The van der Waals surface area contributed by atoms with Gasteiger partial charge in [-0.1, -0.05) is 25.0 Å². The number of carbonyl (C=O) groups excluding carboxylic acids is 1. The fourth-order valence-electron chi connectivity index (χ4n) is 2.52. The van der Waals surface area contributed by atoms with Crippen molar-refractivity contribution in [1.29, 1.82) is 5.26 Å². The van der Waals surface area contributed by atoms with Crippen molar-refractivity contribution in [2.75, 3.05) is 19.0 Å². The van der Waals surface area contributed by atoms with Crippen LogP contribution in [-0.4, -0.2) is 26.0 Å². The predicted octanol–water partition coefficient (Wildman–Crippen LogP) is 2.72. The van der Waals surface area contributed by atoms with E-state index in [0.717, 1.165) is 36.9 Å². The number of hydrogen-bond acceptors (Lipinski definition) is 3. The second-order valence-corrected chi connectivity index (χ2v) is 5.61. The second-order valence-electron chi connectivity index (χ2n) is 5.61. The van der Waals surface area contributed by atoms with E-state index in [1.54, 1.807) is 6.08 Å². The van der Waals surface area contributed by atoms with Crippen molar-refractivity contribution in [3.8, 4) is 6.07 Å². The standard InChI is InChI=1S/C17H21N3O/c1-20(2)16-9-7-13(8-10-16)11-14(12-18)17(21)19-15-5-3-4-6-15/h7-11,15H,3-6H2,1-2H3,(H,19,21)/b14-11+. The van der Waals surface area contributed by atoms with E-state index in [1.165, 1.54) is 0 Å². The van der Waals surface area contributed by atoms with Crippen molar-refractivity contribution in [1.82, 2.24) is 5.32 Å². The second kappa shape index (κ2) is 6.94. The molecular formula is C17H21N3O. The fraction of sp³-hybridized carbons (Fsp3) is 0.412. The quantitative estimate of drug-likeness (QED) is 0.683. The SMILES string of the molecule is CN(C)c1ccc(/C=C(\C#N)C(=O)NC2CCCC2)cc1. The monoisotopic (exact) mass is 283 g/mol. The lowest BCUT2D eigenvalue weighted by Crippen LogP contribution is -2.33. The molecule has 0 atom stereocenters. The van der Waals surface area contributed by atoms with Crippen molar-refractivity contribution in [3.63, 3.8) is 0 Å². The molecule has 1 aromatic carbocycles. The van der Waals surface area contributed by atoms with Gasteiger partial charge in [-0.3, -0.25) is 4.79 Å². The molecule has 2 rings (SSSR count). The Morgan fingerprint density at radius 3 is 2.43 bits per heavy atom. The van der Waals surface area contributed by atoms with Crippen LogP contribution >= 0.6 is 0 Å². The summed E-state index contributed by atoms with van der Waals surface area (Å²) in [7, 11) is 3.95. The number of nitriles is 1. The summed E-state index contributed by atoms with van der Waals surface area (Å²) in [5.41, 5.74) is 2.11. The molecule has 1 aliphatic rings. The minimum Gasteiger partial charge on any atom is -0.378 e. The smallest absolute Gasteiger partial charge is 0.262 e. The first-order valence-electron chi connectivity index (χ1n) is 7.30. The van der Waals surface area contributed by atoms with Gasteiger partial charge in [0.1, 0.15) is 11.6 Å². The molecule has 110 valence electrons. The Morgan fingerprint density at radius 1 is 1.29 bits per heavy atom. The van der Waals surface area contributed by atoms with Gasteiger partial charge < -0.3 is 10.2 Å². The van der Waals surface area contributed by atoms with Gasteiger partial charge in [-0.25, -0.2) is 0 Å². The summed E-state index contributed by atoms with van der Waals surface area (Å²) in [6, 6.07) is 9.99. The van der Waals surface area contributed by atoms with Crippen LogP contribution in [0.2, 0.25) is 0 Å². The third-order valence-electron chi connectivity index (χ3n) is 3.78. The Balaban J connectivity index is 2.08. The number of benzene rings is 1. The lowest BCUT2D eigenvalue weighted by molar-refractivity contribution is -0.117. The fourth-order valence-corrected chi connectivity index (χ4v) is 2.52. The third-order valence-corrected chi connectivity index (χ3v) is 3.78. The summed E-state index contributed by atoms with van der Waals surface area (Å²) >= 11 is 0. The van der Waals surface area contributed by atoms with E-state index in [9.17, 15) is 10.1 Å². The Labute approximate surface area is 126 Å². The molecular weight excluding hydrogens is 262 g/mol. The third kappa shape index (κ3) is 4.09. The summed E-state index contributed by atoms with van der Waals surface area (Å²) in [5, 5.41) is 12.1. The normalized spacial score (nSPS) is 15.6. The van der Waals surface area contributed by atoms with Crippen molar-refractivity contribution in [3.05, 3.63) is 35.4 Å². The molecule has 0 aliphatic heterocycles. The minimum absolute atomic E-state index is 0.166. The maximum absolute atomic E-state index is 12.1. The average Bonchev–Trinajstić information content (AvgIpc) is 2.98. The topological polar surface area (TPSA) is 56.1 Å². The van der Waals surface area contributed by atoms with E-state index in [2.05, 4.69) is 5.32 Å². The first-order valence-corrected chi connectivity index (χ1v) is 7.30. The zero-order valence-corrected chi connectivity index (χ0v) is 12.6. The number of amides is 1. The summed E-state index contributed by atoms with van der Waals surface area (Å²) in [6.45, 7) is 0. The van der Waals surface area contributed by atoms with E-state index >= 15 is 0 Å². The van der Waals surface area contributed by atoms with Gasteiger partial charge >= 0.3 is 0 Å². The van der Waals surface area contributed by atoms with Crippen LogP contribution in [0.4, 0.5) is 5.69 Å². The first-order chi connectivity index (χ1) is 10.1. The van der Waals surface area contributed by atoms with Crippen molar-refractivity contribution >= 4 is 17.7 Å². The maximum atomic E-state index is 12.1. The van der Waals surface area contributed by atoms with E-state index in [1.807, 2.05) is 49.3 Å². The Morgan fingerprint density at radius 2 is 1.90 bits per heavy atom. The highest BCUT2D eigenvalue weighted by Crippen LogP contribution is 2.19. The van der Waals surface area contributed by atoms with Crippen molar-refractivity contribution < 1.29 is 4.79 Å². The molecule has 4 nitrogen and oxygen atoms in total. The van der Waals surface area contributed by atoms with E-state index in [0.29, 0.717) is 0 Å². The Kier molecular flexibility index (Phi) is 4.99. The van der Waals surface area contributed by atoms with Crippen molar-refractivity contribution in [2.24, 2.45) is 0 Å². The maximum Gasteiger partial charge on any atom is 0.262 e. The van der Waals surface area contributed by atoms with E-state index in [-0.39, 0.29) is 17.5 Å². The molecule has 0 radical (unpaired) electrons. The van der Waals surface area contributed by atoms with Gasteiger partial charge in [0.15, 0.2) is 0 Å². The molecule has 1 N–H and O–H groups in total. The minimum atomic E-state index is -0.263. The highest BCUT2D eigenvalue weighted by Gasteiger charge is 2.19. The number of nitrogens with zero attached hydrogens (tertiary/aromatic N) is 2. The zero-order valence-electron chi connectivity index (χ0n) is 12.6. The van der Waals surface area contributed by atoms with Crippen LogP contribution in [0.1, 0.15) is 31.2 Å². The van der Waals surface area contributed by atoms with Gasteiger partial charge in [0, 0.05) is 25.8 Å². The number of anilines is 1. The van der Waals surface area contributed by atoms with Crippen LogP contribution in [0, 0.1) is 11.3 Å². The Bertz CT molecular complexity index is 561. The molecule has 0 spiro atoms. The molecule has 1 aliphatic carbocycles. The number of nitrogens with one attached hydrogen (secondary N) is 1. The molecule has 0 bridgehead atoms. The van der Waals surface area contributed by atoms with Gasteiger partial charge in [0.2, 0.25) is 0 Å². The van der Waals surface area contributed by atoms with Gasteiger partial charge in [-0.05, 0) is 36.6 Å². The van der Waals surface area contributed by atoms with Gasteiger partial charge in [0.05, 0.1) is 0 Å². The van der Waals surface area contributed by atoms with Crippen LogP contribution in [0.3, 0.4) is 0 Å². The lowest BCUT2D eigenvalue weighted by atomic mass is 10.1. The summed E-state index contributed by atoms with van der Waals surface area (Å²) in [5.74, 6) is -0.263. The van der Waals surface area contributed by atoms with Crippen LogP contribution < -0.4 is 10.2 Å².